The highest BCUT2D eigenvalue weighted by atomic mass is 32.1. The van der Waals surface area contributed by atoms with Crippen LogP contribution in [0.1, 0.15) is 10.6 Å². The normalized spacial score (nSPS) is 16.2. The predicted octanol–water partition coefficient (Wildman–Crippen LogP) is 1.92. The van der Waals surface area contributed by atoms with Crippen molar-refractivity contribution in [1.82, 2.24) is 19.7 Å². The molecule has 0 unspecified atom stereocenters. The fraction of sp³-hybridized carbons (Fsp3) is 0.444. The molecule has 3 rings (SSSR count). The van der Waals surface area contributed by atoms with E-state index in [1.807, 2.05) is 36.3 Å². The Labute approximate surface area is 147 Å². The van der Waals surface area contributed by atoms with E-state index < -0.39 is 0 Å². The zero-order valence-corrected chi connectivity index (χ0v) is 14.9. The second-order valence-corrected chi connectivity index (χ2v) is 7.23. The zero-order valence-electron chi connectivity index (χ0n) is 14.1. The first kappa shape index (κ1) is 17.1. The highest BCUT2D eigenvalue weighted by molar-refractivity contribution is 7.09. The van der Waals surface area contributed by atoms with Crippen molar-refractivity contribution in [2.75, 3.05) is 39.8 Å². The number of nitrogens with zero attached hydrogens (tertiary/aromatic N) is 4. The summed E-state index contributed by atoms with van der Waals surface area (Å²) in [4.78, 5) is 24.5. The van der Waals surface area contributed by atoms with E-state index in [0.717, 1.165) is 38.4 Å². The van der Waals surface area contributed by atoms with Crippen LogP contribution in [-0.2, 0) is 17.9 Å². The predicted molar refractivity (Wildman–Crippen MR) is 96.7 cm³/mol. The fourth-order valence-corrected chi connectivity index (χ4v) is 3.62. The molecule has 128 valence electrons. The summed E-state index contributed by atoms with van der Waals surface area (Å²) in [5.41, 5.74) is 1.11. The third kappa shape index (κ3) is 4.87. The Morgan fingerprint density at radius 3 is 2.62 bits per heavy atom. The first-order chi connectivity index (χ1) is 11.7. The summed E-state index contributed by atoms with van der Waals surface area (Å²) in [7, 11) is 1.89. The number of aromatic nitrogens is 1. The Balaban J connectivity index is 1.41. The van der Waals surface area contributed by atoms with Gasteiger partial charge in [0, 0.05) is 50.8 Å². The Kier molecular flexibility index (Phi) is 5.96. The number of hydrogen-bond donors (Lipinski definition) is 0. The summed E-state index contributed by atoms with van der Waals surface area (Å²) in [6, 6.07) is 10.1. The Morgan fingerprint density at radius 1 is 1.17 bits per heavy atom. The fourth-order valence-electron chi connectivity index (χ4n) is 2.86. The molecule has 0 atom stereocenters. The van der Waals surface area contributed by atoms with Crippen LogP contribution in [0.15, 0.2) is 41.9 Å². The minimum Gasteiger partial charge on any atom is -0.340 e. The van der Waals surface area contributed by atoms with Crippen molar-refractivity contribution in [2.45, 2.75) is 13.1 Å². The minimum atomic E-state index is 0.196. The first-order valence-corrected chi connectivity index (χ1v) is 9.19. The topological polar surface area (TPSA) is 39.7 Å². The molecular weight excluding hydrogens is 320 g/mol. The van der Waals surface area contributed by atoms with E-state index in [9.17, 15) is 4.79 Å². The van der Waals surface area contributed by atoms with Crippen molar-refractivity contribution < 1.29 is 4.79 Å². The number of carbonyl (C=O) groups is 1. The van der Waals surface area contributed by atoms with E-state index in [1.54, 1.807) is 11.3 Å². The van der Waals surface area contributed by atoms with Crippen LogP contribution >= 0.6 is 11.3 Å². The molecule has 1 aliphatic heterocycles. The Morgan fingerprint density at radius 2 is 1.96 bits per heavy atom. The number of likely N-dealkylation sites (N-methyl/N-ethyl adjacent to an activating group) is 1. The quantitative estimate of drug-likeness (QED) is 0.803. The third-order valence-electron chi connectivity index (χ3n) is 4.33. The van der Waals surface area contributed by atoms with E-state index >= 15 is 0 Å². The van der Waals surface area contributed by atoms with Crippen LogP contribution in [0.2, 0.25) is 0 Å². The van der Waals surface area contributed by atoms with E-state index in [2.05, 4.69) is 32.3 Å². The molecule has 3 heterocycles. The average Bonchev–Trinajstić information content (AvgIpc) is 3.10. The van der Waals surface area contributed by atoms with Gasteiger partial charge in [-0.2, -0.15) is 0 Å². The number of rotatable bonds is 6. The molecule has 1 amide bonds. The molecular formula is C18H24N4OS. The van der Waals surface area contributed by atoms with Crippen molar-refractivity contribution in [3.63, 3.8) is 0 Å². The van der Waals surface area contributed by atoms with Crippen LogP contribution in [-0.4, -0.2) is 65.4 Å². The van der Waals surface area contributed by atoms with Gasteiger partial charge in [-0.1, -0.05) is 12.1 Å². The van der Waals surface area contributed by atoms with Crippen molar-refractivity contribution in [3.05, 3.63) is 52.5 Å². The van der Waals surface area contributed by atoms with Gasteiger partial charge in [0.25, 0.3) is 0 Å². The lowest BCUT2D eigenvalue weighted by Crippen LogP contribution is -2.49. The lowest BCUT2D eigenvalue weighted by atomic mass is 10.2. The molecule has 0 radical (unpaired) electrons. The Hall–Kier alpha value is -1.76. The van der Waals surface area contributed by atoms with Gasteiger partial charge in [-0.05, 0) is 23.6 Å². The van der Waals surface area contributed by atoms with Crippen molar-refractivity contribution >= 4 is 17.2 Å². The van der Waals surface area contributed by atoms with E-state index in [4.69, 9.17) is 0 Å². The maximum atomic E-state index is 12.4. The largest absolute Gasteiger partial charge is 0.340 e. The van der Waals surface area contributed by atoms with Gasteiger partial charge in [-0.25, -0.2) is 0 Å². The zero-order chi connectivity index (χ0) is 16.8. The first-order valence-electron chi connectivity index (χ1n) is 8.31. The number of pyridine rings is 1. The molecule has 2 aromatic rings. The van der Waals surface area contributed by atoms with Crippen LogP contribution in [0.3, 0.4) is 0 Å². The molecule has 6 heteroatoms. The molecule has 0 saturated carbocycles. The second-order valence-electron chi connectivity index (χ2n) is 6.20. The summed E-state index contributed by atoms with van der Waals surface area (Å²) in [6.07, 6.45) is 1.84. The summed E-state index contributed by atoms with van der Waals surface area (Å²) >= 11 is 1.70. The summed E-state index contributed by atoms with van der Waals surface area (Å²) < 4.78 is 0. The van der Waals surface area contributed by atoms with Gasteiger partial charge in [0.2, 0.25) is 5.91 Å². The molecule has 1 saturated heterocycles. The van der Waals surface area contributed by atoms with Crippen molar-refractivity contribution in [1.29, 1.82) is 0 Å². The molecule has 24 heavy (non-hydrogen) atoms. The minimum absolute atomic E-state index is 0.196. The molecule has 0 spiro atoms. The van der Waals surface area contributed by atoms with E-state index in [-0.39, 0.29) is 5.91 Å². The molecule has 2 aromatic heterocycles. The lowest BCUT2D eigenvalue weighted by Gasteiger charge is -2.34. The molecule has 0 bridgehead atoms. The van der Waals surface area contributed by atoms with Crippen LogP contribution in [0.25, 0.3) is 0 Å². The van der Waals surface area contributed by atoms with Crippen LogP contribution in [0, 0.1) is 0 Å². The summed E-state index contributed by atoms with van der Waals surface area (Å²) in [6.45, 7) is 5.95. The number of thiophene rings is 1. The van der Waals surface area contributed by atoms with Gasteiger partial charge in [0.15, 0.2) is 0 Å². The number of amides is 1. The van der Waals surface area contributed by atoms with E-state index in [0.29, 0.717) is 13.1 Å². The van der Waals surface area contributed by atoms with Gasteiger partial charge in [-0.3, -0.25) is 19.6 Å². The highest BCUT2D eigenvalue weighted by Gasteiger charge is 2.20. The van der Waals surface area contributed by atoms with Gasteiger partial charge in [0.05, 0.1) is 18.8 Å². The number of piperazine rings is 1. The second kappa shape index (κ2) is 8.37. The van der Waals surface area contributed by atoms with Gasteiger partial charge < -0.3 is 4.90 Å². The van der Waals surface area contributed by atoms with Crippen molar-refractivity contribution in [3.8, 4) is 0 Å². The summed E-state index contributed by atoms with van der Waals surface area (Å²) in [5.74, 6) is 0.196. The average molecular weight is 344 g/mol. The maximum Gasteiger partial charge on any atom is 0.236 e. The molecule has 1 fully saturated rings. The molecule has 0 aromatic carbocycles. The van der Waals surface area contributed by atoms with Crippen LogP contribution < -0.4 is 0 Å². The SMILES string of the molecule is CN(Cc1cccs1)C(=O)CN1CCN(Cc2ccccn2)CC1. The molecule has 1 aliphatic rings. The van der Waals surface area contributed by atoms with Gasteiger partial charge >= 0.3 is 0 Å². The van der Waals surface area contributed by atoms with Gasteiger partial charge in [-0.15, -0.1) is 11.3 Å². The molecule has 5 nitrogen and oxygen atoms in total. The van der Waals surface area contributed by atoms with Crippen LogP contribution in [0.4, 0.5) is 0 Å². The van der Waals surface area contributed by atoms with Gasteiger partial charge in [0.1, 0.15) is 0 Å². The van der Waals surface area contributed by atoms with E-state index in [1.165, 1.54) is 4.88 Å². The molecule has 0 aliphatic carbocycles. The molecule has 0 N–H and O–H groups in total. The van der Waals surface area contributed by atoms with Crippen LogP contribution in [0.5, 0.6) is 0 Å². The van der Waals surface area contributed by atoms with Crippen molar-refractivity contribution in [2.24, 2.45) is 0 Å². The smallest absolute Gasteiger partial charge is 0.236 e. The third-order valence-corrected chi connectivity index (χ3v) is 5.20. The maximum absolute atomic E-state index is 12.4. The summed E-state index contributed by atoms with van der Waals surface area (Å²) in [5, 5.41) is 2.05. The number of carbonyl (C=O) groups excluding carboxylic acids is 1. The number of hydrogen-bond acceptors (Lipinski definition) is 5. The highest BCUT2D eigenvalue weighted by Crippen LogP contribution is 2.12. The standard InChI is InChI=1S/C18H24N4OS/c1-20(14-17-6-4-12-24-17)18(23)15-22-10-8-21(9-11-22)13-16-5-2-3-7-19-16/h2-7,12H,8-11,13-15H2,1H3. The Bertz CT molecular complexity index is 624. The lowest BCUT2D eigenvalue weighted by molar-refractivity contribution is -0.132. The monoisotopic (exact) mass is 344 g/mol.